The number of hydrogen-bond donors (Lipinski definition) is 1. The van der Waals surface area contributed by atoms with Crippen molar-refractivity contribution in [2.75, 3.05) is 13.6 Å². The minimum absolute atomic E-state index is 0.162. The van der Waals surface area contributed by atoms with Gasteiger partial charge in [0.25, 0.3) is 0 Å². The summed E-state index contributed by atoms with van der Waals surface area (Å²) in [5.41, 5.74) is 1.16. The molecule has 0 spiro atoms. The average Bonchev–Trinajstić information content (AvgIpc) is 2.24. The van der Waals surface area contributed by atoms with E-state index in [9.17, 15) is 4.39 Å². The molecule has 0 aliphatic rings. The lowest BCUT2D eigenvalue weighted by Crippen LogP contribution is -2.31. The molecule has 3 heteroatoms. The fourth-order valence-corrected chi connectivity index (χ4v) is 2.00. The summed E-state index contributed by atoms with van der Waals surface area (Å²) in [6, 6.07) is 5.06. The Morgan fingerprint density at radius 1 is 1.44 bits per heavy atom. The molecule has 0 aliphatic carbocycles. The molecule has 1 aromatic carbocycles. The molecule has 1 aromatic rings. The van der Waals surface area contributed by atoms with Crippen molar-refractivity contribution in [2.24, 2.45) is 5.41 Å². The van der Waals surface area contributed by atoms with Crippen LogP contribution in [-0.4, -0.2) is 13.6 Å². The van der Waals surface area contributed by atoms with Crippen LogP contribution >= 0.6 is 11.6 Å². The van der Waals surface area contributed by atoms with Crippen molar-refractivity contribution in [3.8, 4) is 0 Å². The standard InChI is InChI=1S/C13H19ClFN/c1-4-13(2,9-16-3)8-10-5-6-11(14)12(15)7-10/h5-7,16H,4,8-9H2,1-3H3. The Labute approximate surface area is 102 Å². The molecule has 0 saturated heterocycles. The van der Waals surface area contributed by atoms with Crippen molar-refractivity contribution in [1.82, 2.24) is 5.32 Å². The molecule has 1 atom stereocenters. The Balaban J connectivity index is 2.81. The van der Waals surface area contributed by atoms with E-state index >= 15 is 0 Å². The zero-order valence-corrected chi connectivity index (χ0v) is 10.9. The summed E-state index contributed by atoms with van der Waals surface area (Å²) >= 11 is 5.66. The number of nitrogens with one attached hydrogen (secondary N) is 1. The smallest absolute Gasteiger partial charge is 0.142 e. The van der Waals surface area contributed by atoms with Gasteiger partial charge in [-0.05, 0) is 43.0 Å². The summed E-state index contributed by atoms with van der Waals surface area (Å²) in [5, 5.41) is 3.38. The number of hydrogen-bond acceptors (Lipinski definition) is 1. The highest BCUT2D eigenvalue weighted by molar-refractivity contribution is 6.30. The molecule has 1 nitrogen and oxygen atoms in total. The highest BCUT2D eigenvalue weighted by atomic mass is 35.5. The quantitative estimate of drug-likeness (QED) is 0.832. The summed E-state index contributed by atoms with van der Waals surface area (Å²) in [6.45, 7) is 5.29. The molecule has 0 amide bonds. The van der Waals surface area contributed by atoms with E-state index in [2.05, 4.69) is 19.2 Å². The molecule has 1 N–H and O–H groups in total. The van der Waals surface area contributed by atoms with Gasteiger partial charge in [-0.2, -0.15) is 0 Å². The van der Waals surface area contributed by atoms with Crippen molar-refractivity contribution in [3.05, 3.63) is 34.6 Å². The topological polar surface area (TPSA) is 12.0 Å². The SMILES string of the molecule is CCC(C)(CNC)Cc1ccc(Cl)c(F)c1. The van der Waals surface area contributed by atoms with Gasteiger partial charge in [0.2, 0.25) is 0 Å². The first kappa shape index (κ1) is 13.5. The average molecular weight is 244 g/mol. The molecule has 0 aliphatic heterocycles. The predicted molar refractivity (Wildman–Crippen MR) is 67.4 cm³/mol. The molecule has 0 saturated carbocycles. The molecule has 1 unspecified atom stereocenters. The van der Waals surface area contributed by atoms with Gasteiger partial charge in [-0.25, -0.2) is 4.39 Å². The van der Waals surface area contributed by atoms with Crippen molar-refractivity contribution in [1.29, 1.82) is 0 Å². The van der Waals surface area contributed by atoms with Gasteiger partial charge in [-0.3, -0.25) is 0 Å². The number of halogens is 2. The third-order valence-corrected chi connectivity index (χ3v) is 3.38. The van der Waals surface area contributed by atoms with Crippen LogP contribution in [0.4, 0.5) is 4.39 Å². The van der Waals surface area contributed by atoms with Crippen LogP contribution in [0.25, 0.3) is 0 Å². The Bertz CT molecular complexity index is 354. The molecule has 16 heavy (non-hydrogen) atoms. The van der Waals surface area contributed by atoms with Gasteiger partial charge in [0.1, 0.15) is 5.82 Å². The van der Waals surface area contributed by atoms with Crippen LogP contribution in [0.3, 0.4) is 0 Å². The highest BCUT2D eigenvalue weighted by Gasteiger charge is 2.21. The first-order chi connectivity index (χ1) is 7.50. The van der Waals surface area contributed by atoms with Crippen molar-refractivity contribution in [2.45, 2.75) is 26.7 Å². The Morgan fingerprint density at radius 3 is 2.62 bits per heavy atom. The zero-order valence-electron chi connectivity index (χ0n) is 10.1. The lowest BCUT2D eigenvalue weighted by Gasteiger charge is -2.28. The van der Waals surface area contributed by atoms with E-state index in [1.165, 1.54) is 6.07 Å². The monoisotopic (exact) mass is 243 g/mol. The fourth-order valence-electron chi connectivity index (χ4n) is 1.88. The van der Waals surface area contributed by atoms with Crippen molar-refractivity contribution < 1.29 is 4.39 Å². The number of benzene rings is 1. The van der Waals surface area contributed by atoms with Crippen molar-refractivity contribution >= 4 is 11.6 Å². The van der Waals surface area contributed by atoms with Crippen molar-refractivity contribution in [3.63, 3.8) is 0 Å². The molecule has 0 heterocycles. The van der Waals surface area contributed by atoms with Gasteiger partial charge < -0.3 is 5.32 Å². The molecule has 0 fully saturated rings. The lowest BCUT2D eigenvalue weighted by molar-refractivity contribution is 0.298. The highest BCUT2D eigenvalue weighted by Crippen LogP contribution is 2.27. The second-order valence-corrected chi connectivity index (χ2v) is 5.03. The molecule has 1 rings (SSSR count). The molecular weight excluding hydrogens is 225 g/mol. The van der Waals surface area contributed by atoms with E-state index in [4.69, 9.17) is 11.6 Å². The van der Waals surface area contributed by atoms with Crippen LogP contribution in [0.5, 0.6) is 0 Å². The summed E-state index contributed by atoms with van der Waals surface area (Å²) in [6.07, 6.45) is 1.91. The second kappa shape index (κ2) is 5.65. The van der Waals surface area contributed by atoms with Gasteiger partial charge in [0.15, 0.2) is 0 Å². The minimum atomic E-state index is -0.331. The molecular formula is C13H19ClFN. The molecule has 0 radical (unpaired) electrons. The molecule has 0 aromatic heterocycles. The second-order valence-electron chi connectivity index (χ2n) is 4.62. The van der Waals surface area contributed by atoms with E-state index in [0.717, 1.165) is 24.9 Å². The van der Waals surface area contributed by atoms with Gasteiger partial charge in [-0.15, -0.1) is 0 Å². The van der Waals surface area contributed by atoms with Crippen LogP contribution in [0.1, 0.15) is 25.8 Å². The van der Waals surface area contributed by atoms with E-state index in [1.54, 1.807) is 6.07 Å². The summed E-state index contributed by atoms with van der Waals surface area (Å²) < 4.78 is 13.3. The van der Waals surface area contributed by atoms with E-state index < -0.39 is 0 Å². The first-order valence-electron chi connectivity index (χ1n) is 5.59. The van der Waals surface area contributed by atoms with Crippen LogP contribution in [0, 0.1) is 11.2 Å². The molecule has 90 valence electrons. The zero-order chi connectivity index (χ0) is 12.2. The van der Waals surface area contributed by atoms with Crippen LogP contribution < -0.4 is 5.32 Å². The Hall–Kier alpha value is -0.600. The maximum Gasteiger partial charge on any atom is 0.142 e. The summed E-state index contributed by atoms with van der Waals surface area (Å²) in [5.74, 6) is -0.331. The minimum Gasteiger partial charge on any atom is -0.319 e. The fraction of sp³-hybridized carbons (Fsp3) is 0.538. The van der Waals surface area contributed by atoms with Crippen LogP contribution in [-0.2, 0) is 6.42 Å². The normalized spacial score (nSPS) is 14.8. The largest absolute Gasteiger partial charge is 0.319 e. The first-order valence-corrected chi connectivity index (χ1v) is 5.97. The maximum atomic E-state index is 13.3. The maximum absolute atomic E-state index is 13.3. The Kier molecular flexibility index (Phi) is 4.75. The van der Waals surface area contributed by atoms with Gasteiger partial charge in [0.05, 0.1) is 5.02 Å². The van der Waals surface area contributed by atoms with E-state index in [0.29, 0.717) is 0 Å². The van der Waals surface area contributed by atoms with Gasteiger partial charge in [-0.1, -0.05) is 31.5 Å². The van der Waals surface area contributed by atoms with Crippen LogP contribution in [0.15, 0.2) is 18.2 Å². The predicted octanol–water partition coefficient (Wildman–Crippen LogP) is 3.66. The van der Waals surface area contributed by atoms with Gasteiger partial charge >= 0.3 is 0 Å². The third kappa shape index (κ3) is 3.46. The van der Waals surface area contributed by atoms with E-state index in [-0.39, 0.29) is 16.3 Å². The van der Waals surface area contributed by atoms with Gasteiger partial charge in [0, 0.05) is 6.54 Å². The molecule has 0 bridgehead atoms. The number of rotatable bonds is 5. The van der Waals surface area contributed by atoms with Crippen LogP contribution in [0.2, 0.25) is 5.02 Å². The summed E-state index contributed by atoms with van der Waals surface area (Å²) in [4.78, 5) is 0. The Morgan fingerprint density at radius 2 is 2.12 bits per heavy atom. The summed E-state index contributed by atoms with van der Waals surface area (Å²) in [7, 11) is 1.94. The third-order valence-electron chi connectivity index (χ3n) is 3.07. The van der Waals surface area contributed by atoms with E-state index in [1.807, 2.05) is 13.1 Å². The lowest BCUT2D eigenvalue weighted by atomic mass is 9.81.